The van der Waals surface area contributed by atoms with Gasteiger partial charge in [0.05, 0.1) is 27.7 Å². The number of hydrogen-bond acceptors (Lipinski definition) is 7. The van der Waals surface area contributed by atoms with Gasteiger partial charge < -0.3 is 20.1 Å². The average Bonchev–Trinajstić information content (AvgIpc) is 3.36. The summed E-state index contributed by atoms with van der Waals surface area (Å²) in [6.45, 7) is -0.145. The average molecular weight is 636 g/mol. The lowest BCUT2D eigenvalue weighted by Crippen LogP contribution is -2.57. The Balaban J connectivity index is 1.45. The molecule has 2 aliphatic heterocycles. The Labute approximate surface area is 250 Å². The molecule has 0 saturated carbocycles. The summed E-state index contributed by atoms with van der Waals surface area (Å²) in [5, 5.41) is 13.6. The van der Waals surface area contributed by atoms with Gasteiger partial charge >= 0.3 is 12.1 Å². The number of piperidine rings is 1. The number of hydrogen-bond donors (Lipinski definition) is 3. The van der Waals surface area contributed by atoms with E-state index in [4.69, 9.17) is 21.4 Å². The van der Waals surface area contributed by atoms with Gasteiger partial charge in [-0.25, -0.2) is 22.8 Å². The number of nitrogens with zero attached hydrogens (tertiary/aromatic N) is 1. The molecule has 3 amide bonds. The minimum Gasteiger partial charge on any atom is -0.475 e. The summed E-state index contributed by atoms with van der Waals surface area (Å²) in [5.74, 6) is -7.67. The van der Waals surface area contributed by atoms with Crippen LogP contribution in [-0.4, -0.2) is 58.8 Å². The second kappa shape index (κ2) is 11.7. The second-order valence-corrected chi connectivity index (χ2v) is 11.4. The van der Waals surface area contributed by atoms with Crippen molar-refractivity contribution < 1.29 is 47.0 Å². The summed E-state index contributed by atoms with van der Waals surface area (Å²) >= 11 is 6.33. The maximum absolute atomic E-state index is 15.3. The number of carboxylic acids is 1. The number of likely N-dealkylation sites (tertiary alicyclic amines) is 1. The Hall–Kier alpha value is -4.43. The molecule has 10 nitrogen and oxygen atoms in total. The highest BCUT2D eigenvalue weighted by molar-refractivity contribution is 7.16. The number of thiophene rings is 1. The molecule has 2 unspecified atom stereocenters. The van der Waals surface area contributed by atoms with Crippen LogP contribution in [0.3, 0.4) is 0 Å². The van der Waals surface area contributed by atoms with E-state index in [-0.39, 0.29) is 53.5 Å². The van der Waals surface area contributed by atoms with Crippen molar-refractivity contribution in [2.75, 3.05) is 18.4 Å². The zero-order valence-corrected chi connectivity index (χ0v) is 23.5. The molecule has 43 heavy (non-hydrogen) atoms. The number of carbonyl (C=O) groups excluding carboxylic acids is 4. The van der Waals surface area contributed by atoms with Crippen LogP contribution in [0.25, 0.3) is 0 Å². The highest BCUT2D eigenvalue weighted by atomic mass is 35.5. The van der Waals surface area contributed by atoms with Gasteiger partial charge in [-0.1, -0.05) is 23.7 Å². The molecule has 2 aliphatic rings. The minimum absolute atomic E-state index is 0.0269. The maximum Gasteiger partial charge on any atom is 0.412 e. The van der Waals surface area contributed by atoms with Crippen molar-refractivity contribution in [1.29, 1.82) is 0 Å². The van der Waals surface area contributed by atoms with E-state index in [1.807, 2.05) is 0 Å². The summed E-state index contributed by atoms with van der Waals surface area (Å²) in [7, 11) is 0. The molecule has 2 atom stereocenters. The zero-order chi connectivity index (χ0) is 31.1. The Morgan fingerprint density at radius 3 is 2.56 bits per heavy atom. The molecule has 15 heteroatoms. The van der Waals surface area contributed by atoms with E-state index < -0.39 is 63.6 Å². The lowest BCUT2D eigenvalue weighted by Gasteiger charge is -2.45. The summed E-state index contributed by atoms with van der Waals surface area (Å²) in [4.78, 5) is 62.4. The third-order valence-electron chi connectivity index (χ3n) is 7.11. The van der Waals surface area contributed by atoms with Gasteiger partial charge in [0.25, 0.3) is 11.7 Å². The van der Waals surface area contributed by atoms with E-state index in [0.717, 1.165) is 12.1 Å². The molecular weight excluding hydrogens is 615 g/mol. The van der Waals surface area contributed by atoms with Crippen LogP contribution in [0.2, 0.25) is 5.02 Å². The van der Waals surface area contributed by atoms with Gasteiger partial charge in [-0.15, -0.1) is 11.3 Å². The van der Waals surface area contributed by atoms with Gasteiger partial charge in [-0.05, 0) is 48.7 Å². The van der Waals surface area contributed by atoms with Crippen molar-refractivity contribution in [2.45, 2.75) is 30.9 Å². The molecule has 3 N–H and O–H groups in total. The fourth-order valence-corrected chi connectivity index (χ4v) is 6.23. The van der Waals surface area contributed by atoms with E-state index in [1.54, 1.807) is 0 Å². The predicted molar refractivity (Wildman–Crippen MR) is 147 cm³/mol. The number of aliphatic carboxylic acids is 1. The minimum atomic E-state index is -1.91. The topological polar surface area (TPSA) is 142 Å². The molecule has 3 heterocycles. The summed E-state index contributed by atoms with van der Waals surface area (Å²) in [6.07, 6.45) is -0.566. The van der Waals surface area contributed by atoms with Crippen LogP contribution in [0.1, 0.15) is 43.3 Å². The monoisotopic (exact) mass is 635 g/mol. The lowest BCUT2D eigenvalue weighted by molar-refractivity contribution is -0.141. The second-order valence-electron chi connectivity index (χ2n) is 9.93. The highest BCUT2D eigenvalue weighted by Crippen LogP contribution is 2.45. The van der Waals surface area contributed by atoms with Gasteiger partial charge in [-0.2, -0.15) is 0 Å². The number of fused-ring (bicyclic) bond motifs is 2. The smallest absolute Gasteiger partial charge is 0.412 e. The fourth-order valence-electron chi connectivity index (χ4n) is 5.20. The van der Waals surface area contributed by atoms with Crippen LogP contribution in [0, 0.1) is 17.5 Å². The Bertz CT molecular complexity index is 1670. The number of halogens is 4. The van der Waals surface area contributed by atoms with Gasteiger partial charge in [-0.3, -0.25) is 19.7 Å². The molecule has 2 aromatic carbocycles. The SMILES string of the molecule is O=C1Nc2ccc(Cl)c(F)c2C2(CCCN(C(=O)C(Cc3ccc(F)cc3)NC(=O)c3cc(F)c(C(=O)C(=O)O)s3)C2)O1. The molecule has 3 aromatic rings. The number of ether oxygens (including phenoxy) is 1. The Kier molecular flexibility index (Phi) is 8.16. The molecule has 0 bridgehead atoms. The number of ketones is 1. The number of amides is 3. The fraction of sp³-hybridized carbons (Fsp3) is 0.250. The highest BCUT2D eigenvalue weighted by Gasteiger charge is 2.49. The lowest BCUT2D eigenvalue weighted by atomic mass is 9.82. The van der Waals surface area contributed by atoms with Crippen molar-refractivity contribution in [3.05, 3.63) is 85.8 Å². The summed E-state index contributed by atoms with van der Waals surface area (Å²) in [6, 6.07) is 7.16. The molecule has 0 radical (unpaired) electrons. The molecule has 1 spiro atoms. The first-order valence-corrected chi connectivity index (χ1v) is 14.0. The van der Waals surface area contributed by atoms with Gasteiger partial charge in [0, 0.05) is 13.0 Å². The molecule has 1 saturated heterocycles. The first-order chi connectivity index (χ1) is 20.4. The normalized spacial score (nSPS) is 18.3. The summed E-state index contributed by atoms with van der Waals surface area (Å²) < 4.78 is 48.8. The zero-order valence-electron chi connectivity index (χ0n) is 21.9. The van der Waals surface area contributed by atoms with Crippen LogP contribution in [-0.2, 0) is 26.3 Å². The number of benzene rings is 2. The number of Topliss-reactive ketones (excluding diaryl/α,β-unsaturated/α-hetero) is 1. The van der Waals surface area contributed by atoms with Crippen molar-refractivity contribution in [3.8, 4) is 0 Å². The van der Waals surface area contributed by atoms with Crippen LogP contribution >= 0.6 is 22.9 Å². The van der Waals surface area contributed by atoms with E-state index in [0.29, 0.717) is 23.0 Å². The predicted octanol–water partition coefficient (Wildman–Crippen LogP) is 4.51. The maximum atomic E-state index is 15.3. The standard InChI is InChI=1S/C28H21ClF3N3O7S/c29-15-6-7-17-20(21(15)32)28(42-27(41)34-17)8-1-9-35(12-28)25(38)18(10-13-2-4-14(30)5-3-13)33-24(37)19-11-16(31)23(43-19)22(36)26(39)40/h2-7,11,18H,1,8-10,12H2,(H,33,37)(H,34,41)(H,39,40). The number of nitrogens with one attached hydrogen (secondary N) is 2. The number of anilines is 1. The Morgan fingerprint density at radius 1 is 1.14 bits per heavy atom. The molecular formula is C28H21ClF3N3O7S. The van der Waals surface area contributed by atoms with E-state index in [9.17, 15) is 32.8 Å². The van der Waals surface area contributed by atoms with Crippen molar-refractivity contribution in [2.24, 2.45) is 0 Å². The molecule has 0 aliphatic carbocycles. The molecule has 5 rings (SSSR count). The van der Waals surface area contributed by atoms with Gasteiger partial charge in [0.2, 0.25) is 5.91 Å². The Morgan fingerprint density at radius 2 is 1.86 bits per heavy atom. The quantitative estimate of drug-likeness (QED) is 0.256. The van der Waals surface area contributed by atoms with Crippen LogP contribution in [0.5, 0.6) is 0 Å². The van der Waals surface area contributed by atoms with Gasteiger partial charge in [0.1, 0.15) is 22.6 Å². The van der Waals surface area contributed by atoms with Crippen LogP contribution in [0.15, 0.2) is 42.5 Å². The summed E-state index contributed by atoms with van der Waals surface area (Å²) in [5.41, 5.74) is -1.04. The first-order valence-electron chi connectivity index (χ1n) is 12.8. The number of carboxylic acid groups (broad SMARTS) is 1. The van der Waals surface area contributed by atoms with Crippen molar-refractivity contribution in [1.82, 2.24) is 10.2 Å². The third-order valence-corrected chi connectivity index (χ3v) is 8.51. The van der Waals surface area contributed by atoms with E-state index >= 15 is 4.39 Å². The van der Waals surface area contributed by atoms with Crippen LogP contribution < -0.4 is 10.6 Å². The van der Waals surface area contributed by atoms with Crippen molar-refractivity contribution in [3.63, 3.8) is 0 Å². The number of rotatable bonds is 7. The van der Waals surface area contributed by atoms with E-state index in [2.05, 4.69) is 10.6 Å². The largest absolute Gasteiger partial charge is 0.475 e. The third kappa shape index (κ3) is 5.92. The van der Waals surface area contributed by atoms with Crippen molar-refractivity contribution >= 4 is 58.3 Å². The van der Waals surface area contributed by atoms with Crippen LogP contribution in [0.4, 0.5) is 23.7 Å². The molecule has 1 fully saturated rings. The molecule has 1 aromatic heterocycles. The molecule has 224 valence electrons. The first kappa shape index (κ1) is 30.0. The number of carbonyl (C=O) groups is 5. The van der Waals surface area contributed by atoms with Gasteiger partial charge in [0.15, 0.2) is 11.4 Å². The van der Waals surface area contributed by atoms with E-state index in [1.165, 1.54) is 29.2 Å².